The third-order valence-electron chi connectivity index (χ3n) is 13.5. The SMILES string of the molecule is CC(C)CCC[C@H](C)C1CC[C@@H]2C3CC=C4C[C@@H](OC(=O)NCCCCCCO[C@H]5C[C@@H](O)[C@@H](CO)O5)CC[C@]4(C)[C@@H]3CC[C@]12C. The molecule has 7 heteroatoms. The Labute approximate surface area is 280 Å². The van der Waals surface area contributed by atoms with E-state index in [1.54, 1.807) is 5.57 Å². The molecule has 0 aromatic rings. The molecule has 0 aromatic heterocycles. The molecule has 0 spiro atoms. The van der Waals surface area contributed by atoms with E-state index in [1.807, 2.05) is 0 Å². The van der Waals surface area contributed by atoms with E-state index in [9.17, 15) is 9.90 Å². The zero-order valence-electron chi connectivity index (χ0n) is 29.8. The van der Waals surface area contributed by atoms with Gasteiger partial charge in [-0.05, 0) is 104 Å². The quantitative estimate of drug-likeness (QED) is 0.123. The van der Waals surface area contributed by atoms with Crippen LogP contribution in [0.2, 0.25) is 0 Å². The predicted octanol–water partition coefficient (Wildman–Crippen LogP) is 8.17. The number of carbonyl (C=O) groups excluding carboxylic acids is 1. The highest BCUT2D eigenvalue weighted by atomic mass is 16.7. The van der Waals surface area contributed by atoms with Gasteiger partial charge in [-0.1, -0.05) is 78.4 Å². The summed E-state index contributed by atoms with van der Waals surface area (Å²) >= 11 is 0. The van der Waals surface area contributed by atoms with Crippen LogP contribution in [-0.4, -0.2) is 60.7 Å². The average Bonchev–Trinajstić information content (AvgIpc) is 3.56. The lowest BCUT2D eigenvalue weighted by Gasteiger charge is -2.58. The number of rotatable bonds is 15. The largest absolute Gasteiger partial charge is 0.446 e. The Kier molecular flexibility index (Phi) is 12.6. The Morgan fingerprint density at radius 3 is 2.59 bits per heavy atom. The van der Waals surface area contributed by atoms with E-state index >= 15 is 0 Å². The molecule has 2 unspecified atom stereocenters. The van der Waals surface area contributed by atoms with Crippen LogP contribution in [0, 0.1) is 46.3 Å². The van der Waals surface area contributed by atoms with Crippen molar-refractivity contribution in [3.8, 4) is 0 Å². The van der Waals surface area contributed by atoms with Gasteiger partial charge in [0.15, 0.2) is 6.29 Å². The maximum absolute atomic E-state index is 12.7. The molecule has 264 valence electrons. The molecule has 1 saturated heterocycles. The van der Waals surface area contributed by atoms with E-state index in [4.69, 9.17) is 19.3 Å². The van der Waals surface area contributed by atoms with Gasteiger partial charge in [0.05, 0.1) is 12.7 Å². The number of hydrogen-bond donors (Lipinski definition) is 3. The molecule has 3 saturated carbocycles. The van der Waals surface area contributed by atoms with Crippen LogP contribution in [0.3, 0.4) is 0 Å². The molecule has 0 radical (unpaired) electrons. The normalized spacial score (nSPS) is 39.3. The lowest BCUT2D eigenvalue weighted by Crippen LogP contribution is -2.51. The second-order valence-corrected chi connectivity index (χ2v) is 16.9. The summed E-state index contributed by atoms with van der Waals surface area (Å²) in [6, 6.07) is 0. The molecule has 4 aliphatic carbocycles. The number of nitrogens with one attached hydrogen (secondary N) is 1. The molecule has 1 amide bonds. The minimum absolute atomic E-state index is 0.00816. The van der Waals surface area contributed by atoms with E-state index in [0.717, 1.165) is 80.5 Å². The Bertz CT molecular complexity index is 1020. The Balaban J connectivity index is 1.01. The fourth-order valence-corrected chi connectivity index (χ4v) is 10.9. The number of allylic oxidation sites excluding steroid dienone is 1. The molecule has 1 aliphatic heterocycles. The number of carbonyl (C=O) groups is 1. The van der Waals surface area contributed by atoms with Gasteiger partial charge in [0, 0.05) is 26.0 Å². The van der Waals surface area contributed by atoms with Crippen LogP contribution in [0.25, 0.3) is 0 Å². The van der Waals surface area contributed by atoms with Gasteiger partial charge in [0.25, 0.3) is 0 Å². The first kappa shape index (κ1) is 36.1. The highest BCUT2D eigenvalue weighted by Crippen LogP contribution is 2.67. The first-order valence-electron chi connectivity index (χ1n) is 19.2. The summed E-state index contributed by atoms with van der Waals surface area (Å²) in [6.45, 7) is 13.5. The predicted molar refractivity (Wildman–Crippen MR) is 182 cm³/mol. The van der Waals surface area contributed by atoms with Crippen LogP contribution in [0.15, 0.2) is 11.6 Å². The summed E-state index contributed by atoms with van der Waals surface area (Å²) in [4.78, 5) is 12.7. The highest BCUT2D eigenvalue weighted by molar-refractivity contribution is 5.67. The van der Waals surface area contributed by atoms with E-state index < -0.39 is 18.5 Å². The molecule has 7 nitrogen and oxygen atoms in total. The van der Waals surface area contributed by atoms with E-state index in [2.05, 4.69) is 46.0 Å². The molecule has 3 N–H and O–H groups in total. The van der Waals surface area contributed by atoms with Crippen LogP contribution in [-0.2, 0) is 14.2 Å². The number of fused-ring (bicyclic) bond motifs is 5. The zero-order valence-corrected chi connectivity index (χ0v) is 29.8. The van der Waals surface area contributed by atoms with Crippen molar-refractivity contribution in [1.82, 2.24) is 5.32 Å². The second kappa shape index (κ2) is 16.0. The highest BCUT2D eigenvalue weighted by Gasteiger charge is 2.59. The maximum Gasteiger partial charge on any atom is 0.407 e. The molecule has 4 fully saturated rings. The summed E-state index contributed by atoms with van der Waals surface area (Å²) in [7, 11) is 0. The summed E-state index contributed by atoms with van der Waals surface area (Å²) in [5.41, 5.74) is 2.37. The first-order valence-corrected chi connectivity index (χ1v) is 19.2. The number of alkyl carbamates (subject to hydrolysis) is 1. The Morgan fingerprint density at radius 1 is 1.02 bits per heavy atom. The van der Waals surface area contributed by atoms with E-state index in [-0.39, 0.29) is 24.2 Å². The van der Waals surface area contributed by atoms with Crippen molar-refractivity contribution in [3.63, 3.8) is 0 Å². The number of unbranched alkanes of at least 4 members (excludes halogenated alkanes) is 3. The van der Waals surface area contributed by atoms with Gasteiger partial charge in [0.1, 0.15) is 12.2 Å². The van der Waals surface area contributed by atoms with Crippen LogP contribution >= 0.6 is 0 Å². The molecule has 1 heterocycles. The number of ether oxygens (including phenoxy) is 3. The van der Waals surface area contributed by atoms with Crippen molar-refractivity contribution in [2.75, 3.05) is 19.8 Å². The molecule has 0 aromatic carbocycles. The molecule has 5 rings (SSSR count). The Hall–Kier alpha value is -1.15. The standard InChI is InChI=1S/C39H67NO6/c1-26(2)11-10-12-27(3)31-15-16-32-30-14-13-28-23-29(17-19-38(28,4)33(30)18-20-39(31,32)5)45-37(43)40-21-8-6-7-9-22-44-36-24-34(42)35(25-41)46-36/h13,26-27,29-36,41-42H,6-12,14-25H2,1-5H3,(H,40,43)/t27-,29-,30?,31?,32+,33+,34+,35+,36+,38-,39+/m0/s1. The van der Waals surface area contributed by atoms with Crippen molar-refractivity contribution in [2.45, 2.75) is 162 Å². The van der Waals surface area contributed by atoms with Gasteiger partial charge >= 0.3 is 6.09 Å². The van der Waals surface area contributed by atoms with Crippen molar-refractivity contribution in [1.29, 1.82) is 0 Å². The van der Waals surface area contributed by atoms with Crippen LogP contribution in [0.4, 0.5) is 4.79 Å². The van der Waals surface area contributed by atoms with Gasteiger partial charge in [-0.3, -0.25) is 0 Å². The van der Waals surface area contributed by atoms with Gasteiger partial charge in [0.2, 0.25) is 0 Å². The lowest BCUT2D eigenvalue weighted by atomic mass is 9.47. The van der Waals surface area contributed by atoms with Crippen molar-refractivity contribution in [3.05, 3.63) is 11.6 Å². The molecular weight excluding hydrogens is 578 g/mol. The van der Waals surface area contributed by atoms with Gasteiger partial charge in [-0.2, -0.15) is 0 Å². The lowest BCUT2D eigenvalue weighted by molar-refractivity contribution is -0.143. The van der Waals surface area contributed by atoms with E-state index in [1.165, 1.54) is 51.4 Å². The van der Waals surface area contributed by atoms with Crippen LogP contribution in [0.5, 0.6) is 0 Å². The van der Waals surface area contributed by atoms with E-state index in [0.29, 0.717) is 25.0 Å². The molecule has 46 heavy (non-hydrogen) atoms. The van der Waals surface area contributed by atoms with Crippen molar-refractivity contribution < 1.29 is 29.2 Å². The fourth-order valence-electron chi connectivity index (χ4n) is 10.9. The minimum Gasteiger partial charge on any atom is -0.446 e. The smallest absolute Gasteiger partial charge is 0.407 e. The molecule has 5 aliphatic rings. The molecular formula is C39H67NO6. The maximum atomic E-state index is 12.7. The summed E-state index contributed by atoms with van der Waals surface area (Å²) < 4.78 is 17.1. The monoisotopic (exact) mass is 645 g/mol. The van der Waals surface area contributed by atoms with Gasteiger partial charge in [-0.25, -0.2) is 4.79 Å². The third-order valence-corrected chi connectivity index (χ3v) is 13.5. The number of hydrogen-bond acceptors (Lipinski definition) is 6. The summed E-state index contributed by atoms with van der Waals surface area (Å²) in [6.07, 6.45) is 19.0. The molecule has 11 atom stereocenters. The second-order valence-electron chi connectivity index (χ2n) is 16.9. The van der Waals surface area contributed by atoms with Gasteiger partial charge in [-0.15, -0.1) is 0 Å². The third kappa shape index (κ3) is 8.17. The van der Waals surface area contributed by atoms with Crippen LogP contribution < -0.4 is 5.32 Å². The topological polar surface area (TPSA) is 97.3 Å². The fraction of sp³-hybridized carbons (Fsp3) is 0.923. The molecule has 0 bridgehead atoms. The zero-order chi connectivity index (χ0) is 32.9. The number of amides is 1. The average molecular weight is 646 g/mol. The first-order chi connectivity index (χ1) is 22.0. The minimum atomic E-state index is -0.655. The van der Waals surface area contributed by atoms with Gasteiger partial charge < -0.3 is 29.7 Å². The summed E-state index contributed by atoms with van der Waals surface area (Å²) in [5.74, 6) is 5.06. The number of aliphatic hydroxyl groups is 2. The summed E-state index contributed by atoms with van der Waals surface area (Å²) in [5, 5.41) is 21.9. The number of aliphatic hydroxyl groups excluding tert-OH is 2. The Morgan fingerprint density at radius 2 is 1.83 bits per heavy atom. The van der Waals surface area contributed by atoms with Crippen molar-refractivity contribution in [2.24, 2.45) is 46.3 Å². The van der Waals surface area contributed by atoms with Crippen molar-refractivity contribution >= 4 is 6.09 Å². The van der Waals surface area contributed by atoms with Crippen LogP contribution in [0.1, 0.15) is 137 Å².